The van der Waals surface area contributed by atoms with Gasteiger partial charge in [-0.2, -0.15) is 0 Å². The third-order valence-electron chi connectivity index (χ3n) is 1.92. The van der Waals surface area contributed by atoms with E-state index in [-0.39, 0.29) is 21.4 Å². The smallest absolute Gasteiger partial charge is 0.288 e. The van der Waals surface area contributed by atoms with Crippen LogP contribution < -0.4 is 5.32 Å². The molecule has 1 aromatic carbocycles. The summed E-state index contributed by atoms with van der Waals surface area (Å²) in [5.41, 5.74) is -0.235. The van der Waals surface area contributed by atoms with Crippen molar-refractivity contribution in [2.45, 2.75) is 0 Å². The van der Waals surface area contributed by atoms with Crippen molar-refractivity contribution in [1.82, 2.24) is 14.8 Å². The molecule has 0 aliphatic carbocycles. The first-order valence-corrected chi connectivity index (χ1v) is 5.63. The van der Waals surface area contributed by atoms with E-state index in [4.69, 9.17) is 11.6 Å². The van der Waals surface area contributed by atoms with E-state index in [1.807, 2.05) is 0 Å². The molecule has 2 aromatic rings. The summed E-state index contributed by atoms with van der Waals surface area (Å²) in [7, 11) is 0. The van der Waals surface area contributed by atoms with Crippen LogP contribution in [0.1, 0.15) is 10.4 Å². The molecule has 2 rings (SSSR count). The molecular weight excluding hydrogens is 282 g/mol. The summed E-state index contributed by atoms with van der Waals surface area (Å²) >= 11 is 6.53. The number of hydrogen-bond acceptors (Lipinski definition) is 7. The van der Waals surface area contributed by atoms with Crippen molar-refractivity contribution in [3.05, 3.63) is 38.9 Å². The number of nitrogens with zero attached hydrogens (tertiary/aromatic N) is 4. The van der Waals surface area contributed by atoms with E-state index in [1.54, 1.807) is 0 Å². The van der Waals surface area contributed by atoms with Gasteiger partial charge in [-0.1, -0.05) is 21.2 Å². The normalized spacial score (nSPS) is 10.1. The minimum atomic E-state index is -0.661. The molecule has 0 saturated heterocycles. The molecule has 0 radical (unpaired) electrons. The fourth-order valence-corrected chi connectivity index (χ4v) is 1.69. The Bertz CT molecular complexity index is 603. The van der Waals surface area contributed by atoms with Crippen molar-refractivity contribution < 1.29 is 9.72 Å². The summed E-state index contributed by atoms with van der Waals surface area (Å²) in [6.07, 6.45) is 0. The minimum Gasteiger partial charge on any atom is -0.295 e. The Morgan fingerprint density at radius 3 is 2.89 bits per heavy atom. The lowest BCUT2D eigenvalue weighted by molar-refractivity contribution is -0.384. The van der Waals surface area contributed by atoms with Crippen molar-refractivity contribution in [3.8, 4) is 0 Å². The Morgan fingerprint density at radius 2 is 2.28 bits per heavy atom. The number of nitrogens with one attached hydrogen (secondary N) is 1. The number of anilines is 1. The van der Waals surface area contributed by atoms with Crippen molar-refractivity contribution in [2.24, 2.45) is 0 Å². The molecule has 1 amide bonds. The van der Waals surface area contributed by atoms with Crippen molar-refractivity contribution in [2.75, 3.05) is 5.32 Å². The monoisotopic (exact) mass is 285 g/mol. The maximum atomic E-state index is 11.7. The molecule has 0 atom stereocenters. The summed E-state index contributed by atoms with van der Waals surface area (Å²) in [4.78, 5) is 21.7. The van der Waals surface area contributed by atoms with Gasteiger partial charge in [0.15, 0.2) is 0 Å². The maximum Gasteiger partial charge on any atom is 0.288 e. The molecule has 0 unspecified atom stereocenters. The molecular formula is C8H4ClN5O3S. The van der Waals surface area contributed by atoms with E-state index >= 15 is 0 Å². The molecule has 0 fully saturated rings. The summed E-state index contributed by atoms with van der Waals surface area (Å²) in [5.74, 6) is -0.548. The van der Waals surface area contributed by atoms with Gasteiger partial charge in [-0.15, -0.1) is 0 Å². The standard InChI is InChI=1S/C8H4ClN5O3S/c9-5-2-1-4(3-6(5)14(16)17)7(15)10-8-11-12-13-18-8/h1-3H,(H,10,11,13,15). The molecule has 1 N–H and O–H groups in total. The van der Waals surface area contributed by atoms with Gasteiger partial charge in [0.1, 0.15) is 5.02 Å². The molecule has 10 heteroatoms. The van der Waals surface area contributed by atoms with Gasteiger partial charge < -0.3 is 0 Å². The molecule has 0 aliphatic heterocycles. The van der Waals surface area contributed by atoms with Crippen LogP contribution in [0.5, 0.6) is 0 Å². The van der Waals surface area contributed by atoms with Gasteiger partial charge in [0.05, 0.1) is 4.92 Å². The van der Waals surface area contributed by atoms with Crippen LogP contribution in [0.25, 0.3) is 0 Å². The first kappa shape index (κ1) is 12.3. The van der Waals surface area contributed by atoms with Gasteiger partial charge in [-0.3, -0.25) is 20.2 Å². The fraction of sp³-hybridized carbons (Fsp3) is 0. The zero-order valence-electron chi connectivity index (χ0n) is 8.53. The largest absolute Gasteiger partial charge is 0.295 e. The number of halogens is 1. The summed E-state index contributed by atoms with van der Waals surface area (Å²) in [6, 6.07) is 3.75. The fourth-order valence-electron chi connectivity index (χ4n) is 1.14. The van der Waals surface area contributed by atoms with Crippen LogP contribution in [0.2, 0.25) is 5.02 Å². The lowest BCUT2D eigenvalue weighted by Crippen LogP contribution is -2.12. The van der Waals surface area contributed by atoms with Crippen LogP contribution in [0, 0.1) is 10.1 Å². The molecule has 0 bridgehead atoms. The zero-order valence-corrected chi connectivity index (χ0v) is 10.1. The van der Waals surface area contributed by atoms with Crippen LogP contribution in [-0.2, 0) is 0 Å². The van der Waals surface area contributed by atoms with Crippen molar-refractivity contribution >= 4 is 39.9 Å². The highest BCUT2D eigenvalue weighted by molar-refractivity contribution is 7.09. The molecule has 0 saturated carbocycles. The Morgan fingerprint density at radius 1 is 1.50 bits per heavy atom. The number of carbonyl (C=O) groups is 1. The first-order chi connectivity index (χ1) is 8.58. The summed E-state index contributed by atoms with van der Waals surface area (Å²) in [5, 5.41) is 20.1. The van der Waals surface area contributed by atoms with Crippen LogP contribution >= 0.6 is 23.1 Å². The Balaban J connectivity index is 2.26. The number of nitro groups is 1. The van der Waals surface area contributed by atoms with E-state index in [2.05, 4.69) is 20.1 Å². The van der Waals surface area contributed by atoms with Gasteiger partial charge in [-0.25, -0.2) is 0 Å². The Kier molecular flexibility index (Phi) is 3.44. The van der Waals surface area contributed by atoms with Gasteiger partial charge in [0.2, 0.25) is 5.13 Å². The van der Waals surface area contributed by atoms with E-state index in [0.29, 0.717) is 0 Å². The number of amides is 1. The second kappa shape index (κ2) is 5.02. The SMILES string of the molecule is O=C(Nc1nnns1)c1ccc(Cl)c([N+](=O)[O-])c1. The van der Waals surface area contributed by atoms with Crippen LogP contribution in [0.4, 0.5) is 10.8 Å². The lowest BCUT2D eigenvalue weighted by atomic mass is 10.2. The predicted molar refractivity (Wildman–Crippen MR) is 63.8 cm³/mol. The van der Waals surface area contributed by atoms with E-state index in [9.17, 15) is 14.9 Å². The third kappa shape index (κ3) is 2.57. The van der Waals surface area contributed by atoms with Gasteiger partial charge >= 0.3 is 0 Å². The third-order valence-corrected chi connectivity index (χ3v) is 2.76. The predicted octanol–water partition coefficient (Wildman–Crippen LogP) is 1.75. The van der Waals surface area contributed by atoms with Crippen LogP contribution in [-0.4, -0.2) is 25.6 Å². The number of carbonyl (C=O) groups excluding carboxylic acids is 1. The minimum absolute atomic E-state index is 0.0332. The average molecular weight is 286 g/mol. The van der Waals surface area contributed by atoms with Crippen LogP contribution in [0.3, 0.4) is 0 Å². The molecule has 92 valence electrons. The van der Waals surface area contributed by atoms with Gasteiger partial charge in [0.25, 0.3) is 11.6 Å². The summed E-state index contributed by atoms with van der Waals surface area (Å²) < 4.78 is 3.47. The number of nitro benzene ring substituents is 1. The van der Waals surface area contributed by atoms with Crippen molar-refractivity contribution in [1.29, 1.82) is 0 Å². The number of rotatable bonds is 3. The highest BCUT2D eigenvalue weighted by Gasteiger charge is 2.17. The second-order valence-corrected chi connectivity index (χ2v) is 4.18. The second-order valence-electron chi connectivity index (χ2n) is 3.04. The van der Waals surface area contributed by atoms with Gasteiger partial charge in [-0.05, 0) is 17.3 Å². The quantitative estimate of drug-likeness (QED) is 0.679. The molecule has 1 aromatic heterocycles. The van der Waals surface area contributed by atoms with E-state index in [0.717, 1.165) is 17.6 Å². The highest BCUT2D eigenvalue weighted by atomic mass is 35.5. The molecule has 18 heavy (non-hydrogen) atoms. The summed E-state index contributed by atoms with van der Waals surface area (Å²) in [6.45, 7) is 0. The topological polar surface area (TPSA) is 111 Å². The number of aromatic nitrogens is 3. The van der Waals surface area contributed by atoms with Crippen LogP contribution in [0.15, 0.2) is 18.2 Å². The molecule has 8 nitrogen and oxygen atoms in total. The molecule has 0 aliphatic rings. The van der Waals surface area contributed by atoms with Crippen molar-refractivity contribution in [3.63, 3.8) is 0 Å². The Hall–Kier alpha value is -2.13. The highest BCUT2D eigenvalue weighted by Crippen LogP contribution is 2.25. The van der Waals surface area contributed by atoms with Gasteiger partial charge in [0, 0.05) is 23.2 Å². The molecule has 1 heterocycles. The molecule has 0 spiro atoms. The number of hydrogen-bond donors (Lipinski definition) is 1. The average Bonchev–Trinajstić information content (AvgIpc) is 2.81. The zero-order chi connectivity index (χ0) is 13.1. The van der Waals surface area contributed by atoms with E-state index in [1.165, 1.54) is 12.1 Å². The van der Waals surface area contributed by atoms with E-state index < -0.39 is 10.8 Å². The number of benzene rings is 1. The lowest BCUT2D eigenvalue weighted by Gasteiger charge is -2.01. The maximum absolute atomic E-state index is 11.7. The first-order valence-electron chi connectivity index (χ1n) is 4.48. The Labute approximate surface area is 109 Å².